The van der Waals surface area contributed by atoms with E-state index in [4.69, 9.17) is 20.8 Å². The summed E-state index contributed by atoms with van der Waals surface area (Å²) >= 11 is 6.18. The summed E-state index contributed by atoms with van der Waals surface area (Å²) in [5.41, 5.74) is 0.816. The molecule has 2 aromatic carbocycles. The molecule has 0 saturated heterocycles. The van der Waals surface area contributed by atoms with Crippen molar-refractivity contribution in [3.8, 4) is 5.75 Å². The van der Waals surface area contributed by atoms with E-state index in [0.717, 1.165) is 29.5 Å². The molecule has 0 radical (unpaired) electrons. The zero-order chi connectivity index (χ0) is 20.8. The zero-order valence-electron chi connectivity index (χ0n) is 15.5. The third kappa shape index (κ3) is 3.67. The molecule has 0 N–H and O–H groups in total. The van der Waals surface area contributed by atoms with Gasteiger partial charge < -0.3 is 14.1 Å². The third-order valence-electron chi connectivity index (χ3n) is 4.92. The Morgan fingerprint density at radius 2 is 1.97 bits per heavy atom. The van der Waals surface area contributed by atoms with Crippen LogP contribution >= 0.6 is 11.6 Å². The number of halogens is 4. The molecule has 152 valence electrons. The molecule has 0 amide bonds. The Labute approximate surface area is 169 Å². The van der Waals surface area contributed by atoms with Crippen LogP contribution in [0.1, 0.15) is 30.0 Å². The van der Waals surface area contributed by atoms with Gasteiger partial charge in [0.25, 0.3) is 0 Å². The van der Waals surface area contributed by atoms with Crippen molar-refractivity contribution in [1.82, 2.24) is 0 Å². The summed E-state index contributed by atoms with van der Waals surface area (Å²) < 4.78 is 50.6. The van der Waals surface area contributed by atoms with Gasteiger partial charge in [-0.3, -0.25) is 0 Å². The first kappa shape index (κ1) is 19.6. The quantitative estimate of drug-likeness (QED) is 0.501. The highest BCUT2D eigenvalue weighted by Crippen LogP contribution is 2.39. The average molecular weight is 424 g/mol. The maximum Gasteiger partial charge on any atom is 0.416 e. The maximum absolute atomic E-state index is 13.1. The molecule has 1 aliphatic rings. The summed E-state index contributed by atoms with van der Waals surface area (Å²) in [7, 11) is 0. The van der Waals surface area contributed by atoms with Gasteiger partial charge in [0.2, 0.25) is 0 Å². The lowest BCUT2D eigenvalue weighted by molar-refractivity contribution is -0.137. The van der Waals surface area contributed by atoms with Crippen molar-refractivity contribution in [3.05, 3.63) is 68.5 Å². The van der Waals surface area contributed by atoms with Crippen LogP contribution in [0.4, 0.5) is 18.9 Å². The molecule has 0 saturated carbocycles. The number of anilines is 1. The van der Waals surface area contributed by atoms with Crippen molar-refractivity contribution < 1.29 is 22.3 Å². The Kier molecular flexibility index (Phi) is 4.94. The molecule has 29 heavy (non-hydrogen) atoms. The lowest BCUT2D eigenvalue weighted by Gasteiger charge is -2.32. The predicted octanol–water partition coefficient (Wildman–Crippen LogP) is 5.77. The van der Waals surface area contributed by atoms with Gasteiger partial charge in [0.05, 0.1) is 28.4 Å². The maximum atomic E-state index is 13.1. The molecule has 0 unspecified atom stereocenters. The number of alkyl halides is 3. The lowest BCUT2D eigenvalue weighted by atomic mass is 10.0. The number of hydrogen-bond donors (Lipinski definition) is 0. The minimum atomic E-state index is -4.48. The van der Waals surface area contributed by atoms with Gasteiger partial charge >= 0.3 is 11.8 Å². The molecule has 4 rings (SSSR count). The van der Waals surface area contributed by atoms with Crippen molar-refractivity contribution in [2.45, 2.75) is 32.5 Å². The van der Waals surface area contributed by atoms with Crippen LogP contribution in [0.2, 0.25) is 5.02 Å². The van der Waals surface area contributed by atoms with E-state index >= 15 is 0 Å². The summed E-state index contributed by atoms with van der Waals surface area (Å²) in [5, 5.41) is 0.976. The van der Waals surface area contributed by atoms with Crippen molar-refractivity contribution >= 4 is 28.3 Å². The van der Waals surface area contributed by atoms with Crippen molar-refractivity contribution in [2.24, 2.45) is 0 Å². The van der Waals surface area contributed by atoms with Crippen LogP contribution in [0.5, 0.6) is 5.75 Å². The normalized spacial score (nSPS) is 14.0. The first-order chi connectivity index (χ1) is 13.8. The Bertz CT molecular complexity index is 1140. The molecule has 0 spiro atoms. The fourth-order valence-electron chi connectivity index (χ4n) is 3.56. The zero-order valence-corrected chi connectivity index (χ0v) is 16.2. The third-order valence-corrected chi connectivity index (χ3v) is 5.24. The fraction of sp³-hybridized carbons (Fsp3) is 0.286. The minimum absolute atomic E-state index is 0.0262. The van der Waals surface area contributed by atoms with Crippen LogP contribution in [-0.4, -0.2) is 6.73 Å². The summed E-state index contributed by atoms with van der Waals surface area (Å²) in [5.74, 6) is 0.536. The molecule has 3 aromatic rings. The molecule has 8 heteroatoms. The Morgan fingerprint density at radius 1 is 1.17 bits per heavy atom. The summed E-state index contributed by atoms with van der Waals surface area (Å²) in [4.78, 5) is 13.6. The summed E-state index contributed by atoms with van der Waals surface area (Å²) in [6.07, 6.45) is -2.91. The van der Waals surface area contributed by atoms with Gasteiger partial charge in [-0.15, -0.1) is 0 Å². The molecule has 0 aliphatic carbocycles. The van der Waals surface area contributed by atoms with E-state index in [-0.39, 0.29) is 24.0 Å². The Morgan fingerprint density at radius 3 is 2.69 bits per heavy atom. The molecule has 0 fully saturated rings. The van der Waals surface area contributed by atoms with E-state index in [1.165, 1.54) is 12.1 Å². The van der Waals surface area contributed by atoms with Crippen LogP contribution in [0.15, 0.2) is 45.6 Å². The second-order valence-electron chi connectivity index (χ2n) is 6.89. The Hall–Kier alpha value is -2.67. The van der Waals surface area contributed by atoms with E-state index in [0.29, 0.717) is 23.3 Å². The van der Waals surface area contributed by atoms with Gasteiger partial charge in [-0.25, -0.2) is 4.79 Å². The minimum Gasteiger partial charge on any atom is -0.473 e. The molecular formula is C21H17ClF3NO3. The van der Waals surface area contributed by atoms with Crippen LogP contribution < -0.4 is 15.3 Å². The van der Waals surface area contributed by atoms with Crippen LogP contribution in [0.3, 0.4) is 0 Å². The number of aryl methyl sites for hydroxylation is 1. The number of fused-ring (bicyclic) bond motifs is 3. The smallest absolute Gasteiger partial charge is 0.416 e. The first-order valence-electron chi connectivity index (χ1n) is 9.11. The van der Waals surface area contributed by atoms with Crippen LogP contribution in [0.25, 0.3) is 11.0 Å². The van der Waals surface area contributed by atoms with Crippen molar-refractivity contribution in [2.75, 3.05) is 11.6 Å². The van der Waals surface area contributed by atoms with Gasteiger partial charge in [0, 0.05) is 11.5 Å². The fourth-order valence-corrected chi connectivity index (χ4v) is 3.80. The highest BCUT2D eigenvalue weighted by atomic mass is 35.5. The monoisotopic (exact) mass is 423 g/mol. The van der Waals surface area contributed by atoms with Gasteiger partial charge in [-0.05, 0) is 42.3 Å². The summed E-state index contributed by atoms with van der Waals surface area (Å²) in [6.45, 7) is 2.24. The van der Waals surface area contributed by atoms with Gasteiger partial charge in [-0.2, -0.15) is 13.2 Å². The summed E-state index contributed by atoms with van der Waals surface area (Å²) in [6, 6.07) is 8.27. The second-order valence-corrected chi connectivity index (χ2v) is 7.30. The second kappa shape index (κ2) is 7.30. The van der Waals surface area contributed by atoms with Crippen LogP contribution in [0, 0.1) is 0 Å². The van der Waals surface area contributed by atoms with Gasteiger partial charge in [0.1, 0.15) is 11.3 Å². The van der Waals surface area contributed by atoms with Gasteiger partial charge in [0.15, 0.2) is 6.73 Å². The average Bonchev–Trinajstić information content (AvgIpc) is 2.67. The van der Waals surface area contributed by atoms with E-state index < -0.39 is 17.4 Å². The molecule has 0 bridgehead atoms. The number of rotatable bonds is 3. The van der Waals surface area contributed by atoms with Crippen LogP contribution in [-0.2, 0) is 19.1 Å². The molecule has 1 aliphatic heterocycles. The van der Waals surface area contributed by atoms with E-state index in [9.17, 15) is 18.0 Å². The van der Waals surface area contributed by atoms with Crippen molar-refractivity contribution in [3.63, 3.8) is 0 Å². The first-order valence-corrected chi connectivity index (χ1v) is 9.49. The standard InChI is InChI=1S/C21H17ClF3NO3/c1-2-3-12-8-19(27)29-20-14(12)5-7-18-15(20)10-26(11-28-18)17-9-13(21(23,24)25)4-6-16(17)22/h4-9H,2-3,10-11H2,1H3. The van der Waals surface area contributed by atoms with Gasteiger partial charge in [-0.1, -0.05) is 24.9 Å². The molecule has 0 atom stereocenters. The number of hydrogen-bond acceptors (Lipinski definition) is 4. The molecule has 4 nitrogen and oxygen atoms in total. The SMILES string of the molecule is CCCc1cc(=O)oc2c3c(ccc12)OCN(c1cc(C(F)(F)F)ccc1Cl)C3. The largest absolute Gasteiger partial charge is 0.473 e. The van der Waals surface area contributed by atoms with Crippen molar-refractivity contribution in [1.29, 1.82) is 0 Å². The highest BCUT2D eigenvalue weighted by molar-refractivity contribution is 6.33. The highest BCUT2D eigenvalue weighted by Gasteiger charge is 2.32. The molecule has 2 heterocycles. The lowest BCUT2D eigenvalue weighted by Crippen LogP contribution is -2.32. The molecule has 1 aromatic heterocycles. The number of benzene rings is 2. The number of nitrogens with zero attached hydrogens (tertiary/aromatic N) is 1. The number of ether oxygens (including phenoxy) is 1. The van der Waals surface area contributed by atoms with E-state index in [2.05, 4.69) is 0 Å². The van der Waals surface area contributed by atoms with E-state index in [1.54, 1.807) is 11.0 Å². The Balaban J connectivity index is 1.81. The van der Waals surface area contributed by atoms with E-state index in [1.807, 2.05) is 13.0 Å². The molecular weight excluding hydrogens is 407 g/mol. The predicted molar refractivity (Wildman–Crippen MR) is 105 cm³/mol. The topological polar surface area (TPSA) is 42.7 Å².